The number of amides is 1. The zero-order valence-corrected chi connectivity index (χ0v) is 16.7. The van der Waals surface area contributed by atoms with Gasteiger partial charge in [0, 0.05) is 45.8 Å². The number of rotatable bonds is 6. The van der Waals surface area contributed by atoms with Crippen molar-refractivity contribution in [1.82, 2.24) is 10.2 Å². The number of halogens is 3. The van der Waals surface area contributed by atoms with Crippen LogP contribution >= 0.6 is 0 Å². The molecule has 1 aromatic rings. The average Bonchev–Trinajstić information content (AvgIpc) is 3.16. The van der Waals surface area contributed by atoms with Gasteiger partial charge in [-0.1, -0.05) is 30.3 Å². The van der Waals surface area contributed by atoms with E-state index in [0.29, 0.717) is 19.1 Å². The van der Waals surface area contributed by atoms with Crippen LogP contribution in [0.4, 0.5) is 13.2 Å². The van der Waals surface area contributed by atoms with Crippen molar-refractivity contribution in [2.24, 2.45) is 11.8 Å². The largest absolute Gasteiger partial charge is 0.490 e. The van der Waals surface area contributed by atoms with E-state index in [-0.39, 0.29) is 17.9 Å². The van der Waals surface area contributed by atoms with Crippen LogP contribution in [0.1, 0.15) is 12.0 Å². The van der Waals surface area contributed by atoms with E-state index in [1.807, 2.05) is 6.07 Å². The second-order valence-electron chi connectivity index (χ2n) is 7.23. The Morgan fingerprint density at radius 2 is 1.93 bits per heavy atom. The highest BCUT2D eigenvalue weighted by molar-refractivity contribution is 5.79. The molecular weight excluding hydrogens is 405 g/mol. The van der Waals surface area contributed by atoms with Crippen LogP contribution < -0.4 is 5.32 Å². The van der Waals surface area contributed by atoms with Crippen LogP contribution in [0.5, 0.6) is 0 Å². The second kappa shape index (κ2) is 11.3. The van der Waals surface area contributed by atoms with Crippen molar-refractivity contribution in [2.45, 2.75) is 25.2 Å². The number of nitrogens with one attached hydrogen (secondary N) is 1. The van der Waals surface area contributed by atoms with Crippen molar-refractivity contribution in [3.8, 4) is 0 Å². The number of carbonyl (C=O) groups excluding carboxylic acids is 1. The van der Waals surface area contributed by atoms with Crippen LogP contribution in [0.2, 0.25) is 0 Å². The van der Waals surface area contributed by atoms with Crippen LogP contribution in [0.15, 0.2) is 30.3 Å². The lowest BCUT2D eigenvalue weighted by Gasteiger charge is -2.39. The van der Waals surface area contributed by atoms with Gasteiger partial charge in [-0.2, -0.15) is 13.2 Å². The van der Waals surface area contributed by atoms with Crippen LogP contribution in [-0.2, 0) is 25.6 Å². The molecule has 0 radical (unpaired) electrons. The molecule has 2 fully saturated rings. The lowest BCUT2D eigenvalue weighted by Crippen LogP contribution is -2.52. The Hall–Kier alpha value is -2.17. The molecule has 7 nitrogen and oxygen atoms in total. The normalized spacial score (nSPS) is 23.8. The van der Waals surface area contributed by atoms with Crippen LogP contribution in [0.25, 0.3) is 0 Å². The third kappa shape index (κ3) is 7.26. The summed E-state index contributed by atoms with van der Waals surface area (Å²) in [7, 11) is 1.65. The summed E-state index contributed by atoms with van der Waals surface area (Å²) in [6, 6.07) is 10.4. The summed E-state index contributed by atoms with van der Waals surface area (Å²) in [6.45, 7) is 4.49. The van der Waals surface area contributed by atoms with E-state index in [0.717, 1.165) is 32.7 Å². The molecule has 0 saturated carbocycles. The first kappa shape index (κ1) is 24.1. The fourth-order valence-corrected chi connectivity index (χ4v) is 3.71. The van der Waals surface area contributed by atoms with Gasteiger partial charge < -0.3 is 19.9 Å². The monoisotopic (exact) mass is 432 g/mol. The van der Waals surface area contributed by atoms with Crippen molar-refractivity contribution in [3.63, 3.8) is 0 Å². The van der Waals surface area contributed by atoms with Crippen LogP contribution in [0, 0.1) is 11.8 Å². The number of carboxylic acid groups (broad SMARTS) is 1. The number of aliphatic carboxylic acids is 1. The molecule has 30 heavy (non-hydrogen) atoms. The van der Waals surface area contributed by atoms with E-state index in [2.05, 4.69) is 34.5 Å². The van der Waals surface area contributed by atoms with Gasteiger partial charge in [0.1, 0.15) is 0 Å². The Balaban J connectivity index is 0.000000396. The smallest absolute Gasteiger partial charge is 0.475 e. The average molecular weight is 432 g/mol. The predicted molar refractivity (Wildman–Crippen MR) is 102 cm³/mol. The summed E-state index contributed by atoms with van der Waals surface area (Å²) >= 11 is 0. The number of carbonyl (C=O) groups is 2. The molecule has 0 unspecified atom stereocenters. The molecule has 1 amide bonds. The summed E-state index contributed by atoms with van der Waals surface area (Å²) in [5.41, 5.74) is 1.28. The van der Waals surface area contributed by atoms with Crippen molar-refractivity contribution in [1.29, 1.82) is 0 Å². The maximum atomic E-state index is 12.6. The number of carboxylic acids is 1. The minimum Gasteiger partial charge on any atom is -0.475 e. The summed E-state index contributed by atoms with van der Waals surface area (Å²) in [4.78, 5) is 23.8. The molecule has 2 heterocycles. The highest BCUT2D eigenvalue weighted by atomic mass is 19.4. The molecule has 0 aromatic heterocycles. The maximum Gasteiger partial charge on any atom is 0.490 e. The van der Waals surface area contributed by atoms with Crippen molar-refractivity contribution in [2.75, 3.05) is 40.0 Å². The number of piperidine rings is 1. The van der Waals surface area contributed by atoms with E-state index in [4.69, 9.17) is 19.4 Å². The fraction of sp³-hybridized carbons (Fsp3) is 0.600. The van der Waals surface area contributed by atoms with E-state index in [1.54, 1.807) is 7.11 Å². The zero-order chi connectivity index (χ0) is 22.1. The summed E-state index contributed by atoms with van der Waals surface area (Å²) in [5, 5.41) is 10.1. The number of hydrogen-bond donors (Lipinski definition) is 2. The number of benzene rings is 1. The number of likely N-dealkylation sites (tertiary alicyclic amines) is 1. The van der Waals surface area contributed by atoms with Gasteiger partial charge in [-0.25, -0.2) is 4.79 Å². The van der Waals surface area contributed by atoms with Gasteiger partial charge >= 0.3 is 12.1 Å². The molecule has 168 valence electrons. The van der Waals surface area contributed by atoms with E-state index >= 15 is 0 Å². The van der Waals surface area contributed by atoms with Crippen LogP contribution in [0.3, 0.4) is 0 Å². The van der Waals surface area contributed by atoms with Crippen molar-refractivity contribution < 1.29 is 37.3 Å². The van der Waals surface area contributed by atoms with Gasteiger partial charge in [-0.15, -0.1) is 0 Å². The van der Waals surface area contributed by atoms with Gasteiger partial charge in [0.2, 0.25) is 5.91 Å². The number of ether oxygens (including phenoxy) is 2. The molecule has 1 aromatic carbocycles. The molecule has 3 rings (SSSR count). The molecule has 2 N–H and O–H groups in total. The summed E-state index contributed by atoms with van der Waals surface area (Å²) < 4.78 is 42.6. The van der Waals surface area contributed by atoms with Crippen molar-refractivity contribution >= 4 is 11.9 Å². The maximum absolute atomic E-state index is 12.6. The first-order valence-corrected chi connectivity index (χ1v) is 9.67. The highest BCUT2D eigenvalue weighted by Crippen LogP contribution is 2.34. The third-order valence-corrected chi connectivity index (χ3v) is 5.10. The molecule has 10 heteroatoms. The molecule has 3 atom stereocenters. The number of methoxy groups -OCH3 is 1. The second-order valence-corrected chi connectivity index (χ2v) is 7.23. The molecular formula is C20H27F3N2O5. The fourth-order valence-electron chi connectivity index (χ4n) is 3.71. The first-order chi connectivity index (χ1) is 14.2. The Kier molecular flexibility index (Phi) is 9.07. The predicted octanol–water partition coefficient (Wildman–Crippen LogP) is 1.92. The van der Waals surface area contributed by atoms with Crippen LogP contribution in [-0.4, -0.2) is 74.1 Å². The lowest BCUT2D eigenvalue weighted by atomic mass is 9.82. The number of nitrogens with zero attached hydrogens (tertiary/aromatic N) is 1. The number of alkyl halides is 3. The van der Waals surface area contributed by atoms with Gasteiger partial charge in [-0.3, -0.25) is 9.69 Å². The van der Waals surface area contributed by atoms with E-state index in [9.17, 15) is 18.0 Å². The number of fused-ring (bicyclic) bond motifs is 1. The van der Waals surface area contributed by atoms with E-state index in [1.165, 1.54) is 5.56 Å². The molecule has 0 spiro atoms. The topological polar surface area (TPSA) is 88.1 Å². The standard InChI is InChI=1S/C18H26N2O3.C2HF3O2/c1-22-10-8-19-18(21)16-12-20(11-14-5-3-2-4-6-14)13-17-15(16)7-9-23-17;3-2(4,5)1(6)7/h2-6,15-17H,7-13H2,1H3,(H,19,21);(H,6,7)/t15-,16+,17+;/m0./s1. The third-order valence-electron chi connectivity index (χ3n) is 5.10. The Morgan fingerprint density at radius 3 is 2.53 bits per heavy atom. The molecule has 2 saturated heterocycles. The molecule has 0 bridgehead atoms. The number of hydrogen-bond acceptors (Lipinski definition) is 5. The Morgan fingerprint density at radius 1 is 1.27 bits per heavy atom. The van der Waals surface area contributed by atoms with E-state index < -0.39 is 12.1 Å². The molecule has 0 aliphatic carbocycles. The van der Waals surface area contributed by atoms with Gasteiger partial charge in [0.05, 0.1) is 18.6 Å². The minimum absolute atomic E-state index is 0.0109. The summed E-state index contributed by atoms with van der Waals surface area (Å²) in [6.07, 6.45) is -3.91. The first-order valence-electron chi connectivity index (χ1n) is 9.67. The minimum atomic E-state index is -5.08. The Labute approximate surface area is 173 Å². The Bertz CT molecular complexity index is 687. The van der Waals surface area contributed by atoms with Gasteiger partial charge in [0.25, 0.3) is 0 Å². The quantitative estimate of drug-likeness (QED) is 0.668. The lowest BCUT2D eigenvalue weighted by molar-refractivity contribution is -0.192. The molecule has 2 aliphatic heterocycles. The SMILES string of the molecule is COCCNC(=O)[C@@H]1CN(Cc2ccccc2)C[C@H]2OCC[C@H]21.O=C(O)C(F)(F)F. The zero-order valence-electron chi connectivity index (χ0n) is 16.7. The molecule has 2 aliphatic rings. The van der Waals surface area contributed by atoms with Gasteiger partial charge in [-0.05, 0) is 12.0 Å². The van der Waals surface area contributed by atoms with Crippen molar-refractivity contribution in [3.05, 3.63) is 35.9 Å². The summed E-state index contributed by atoms with van der Waals surface area (Å²) in [5.74, 6) is -2.26. The highest BCUT2D eigenvalue weighted by Gasteiger charge is 2.43. The van der Waals surface area contributed by atoms with Gasteiger partial charge in [0.15, 0.2) is 0 Å².